The number of hydrogen-bond acceptors (Lipinski definition) is 6. The Morgan fingerprint density at radius 1 is 0.655 bits per heavy atom. The number of carbonyl (C=O) groups excluding carboxylic acids is 2. The van der Waals surface area contributed by atoms with Crippen LogP contribution in [0.1, 0.15) is 84.6 Å². The van der Waals surface area contributed by atoms with E-state index in [1.54, 1.807) is 0 Å². The number of amides is 2. The van der Waals surface area contributed by atoms with Gasteiger partial charge in [0.05, 0.1) is 6.61 Å². The molecule has 9 nitrogen and oxygen atoms in total. The lowest BCUT2D eigenvalue weighted by molar-refractivity contribution is -0.192. The number of ether oxygens (including phenoxy) is 1. The van der Waals surface area contributed by atoms with Gasteiger partial charge in [-0.15, -0.1) is 0 Å². The van der Waals surface area contributed by atoms with E-state index in [0.717, 1.165) is 88.6 Å². The van der Waals surface area contributed by atoms with Crippen LogP contribution in [0, 0.1) is 10.8 Å². The Morgan fingerprint density at radius 3 is 1.49 bits per heavy atom. The normalized spacial score (nSPS) is 19.3. The topological polar surface area (TPSA) is 102 Å². The summed E-state index contributed by atoms with van der Waals surface area (Å²) in [4.78, 5) is 40.6. The number of halogens is 3. The van der Waals surface area contributed by atoms with Crippen LogP contribution in [0.2, 0.25) is 0 Å². The van der Waals surface area contributed by atoms with Crippen molar-refractivity contribution in [1.82, 2.24) is 20.0 Å². The fourth-order valence-electron chi connectivity index (χ4n) is 8.21. The molecule has 0 radical (unpaired) electrons. The van der Waals surface area contributed by atoms with Crippen molar-refractivity contribution < 1.29 is 37.4 Å². The first-order chi connectivity index (χ1) is 26.4. The maximum atomic E-state index is 12.7. The minimum Gasteiger partial charge on any atom is -0.494 e. The Morgan fingerprint density at radius 2 is 1.05 bits per heavy atom. The highest BCUT2D eigenvalue weighted by Crippen LogP contribution is 2.42. The summed E-state index contributed by atoms with van der Waals surface area (Å²) in [7, 11) is 0. The lowest BCUT2D eigenvalue weighted by atomic mass is 9.71. The predicted octanol–water partition coefficient (Wildman–Crippen LogP) is 7.53. The van der Waals surface area contributed by atoms with Crippen molar-refractivity contribution in [2.24, 2.45) is 10.8 Å². The van der Waals surface area contributed by atoms with E-state index in [1.165, 1.54) is 44.1 Å². The number of carboxylic acids is 1. The molecule has 2 amide bonds. The first kappa shape index (κ1) is 41.7. The van der Waals surface area contributed by atoms with Gasteiger partial charge < -0.3 is 25.0 Å². The van der Waals surface area contributed by atoms with Crippen molar-refractivity contribution in [2.45, 2.75) is 71.0 Å². The van der Waals surface area contributed by atoms with Crippen molar-refractivity contribution in [1.29, 1.82) is 0 Å². The van der Waals surface area contributed by atoms with Crippen molar-refractivity contribution in [3.8, 4) is 5.75 Å². The zero-order chi connectivity index (χ0) is 39.3. The monoisotopic (exact) mass is 764 g/mol. The average molecular weight is 765 g/mol. The summed E-state index contributed by atoms with van der Waals surface area (Å²) in [5.41, 5.74) is 3.85. The molecule has 0 bridgehead atoms. The van der Waals surface area contributed by atoms with Crippen LogP contribution in [0.25, 0.3) is 0 Å². The molecular formula is C43H55F3N4O5. The van der Waals surface area contributed by atoms with Crippen molar-refractivity contribution in [3.63, 3.8) is 0 Å². The summed E-state index contributed by atoms with van der Waals surface area (Å²) in [5.74, 6) is -1.36. The number of piperidine rings is 4. The molecule has 0 aliphatic carbocycles. The number of likely N-dealkylation sites (tertiary alicyclic amines) is 3. The molecule has 0 unspecified atom stereocenters. The van der Waals surface area contributed by atoms with E-state index in [1.807, 2.05) is 83.5 Å². The van der Waals surface area contributed by atoms with Crippen LogP contribution in [-0.4, -0.2) is 103 Å². The molecule has 2 spiro atoms. The van der Waals surface area contributed by atoms with E-state index >= 15 is 0 Å². The zero-order valence-corrected chi connectivity index (χ0v) is 31.9. The highest BCUT2D eigenvalue weighted by atomic mass is 19.4. The number of carbonyl (C=O) groups is 3. The Labute approximate surface area is 322 Å². The summed E-state index contributed by atoms with van der Waals surface area (Å²) in [5, 5.41) is 10.6. The van der Waals surface area contributed by atoms with Crippen LogP contribution < -0.4 is 10.1 Å². The molecule has 4 saturated heterocycles. The summed E-state index contributed by atoms with van der Waals surface area (Å²) in [6, 6.07) is 27.7. The molecule has 0 atom stereocenters. The van der Waals surface area contributed by atoms with Crippen LogP contribution in [0.4, 0.5) is 13.2 Å². The van der Waals surface area contributed by atoms with Crippen LogP contribution in [0.5, 0.6) is 5.75 Å². The van der Waals surface area contributed by atoms with Gasteiger partial charge in [-0.2, -0.15) is 13.2 Å². The Balaban J connectivity index is 0.000000191. The molecule has 4 fully saturated rings. The van der Waals surface area contributed by atoms with Gasteiger partial charge >= 0.3 is 12.1 Å². The highest BCUT2D eigenvalue weighted by molar-refractivity contribution is 5.94. The number of alkyl halides is 3. The number of para-hydroxylation sites is 1. The number of benzene rings is 3. The maximum Gasteiger partial charge on any atom is 0.490 e. The molecule has 0 saturated carbocycles. The number of nitrogens with zero attached hydrogens (tertiary/aromatic N) is 3. The van der Waals surface area contributed by atoms with Gasteiger partial charge in [-0.1, -0.05) is 54.6 Å². The Hall–Kier alpha value is -4.42. The number of hydrogen-bond donors (Lipinski definition) is 2. The van der Waals surface area contributed by atoms with E-state index in [-0.39, 0.29) is 11.8 Å². The second-order valence-electron chi connectivity index (χ2n) is 15.2. The molecule has 4 aliphatic heterocycles. The van der Waals surface area contributed by atoms with Crippen LogP contribution in [0.3, 0.4) is 0 Å². The summed E-state index contributed by atoms with van der Waals surface area (Å²) >= 11 is 0. The number of carboxylic acid groups (broad SMARTS) is 1. The lowest BCUT2D eigenvalue weighted by Gasteiger charge is -2.47. The molecule has 3 aromatic rings. The van der Waals surface area contributed by atoms with Gasteiger partial charge in [-0.05, 0) is 126 Å². The second kappa shape index (κ2) is 19.4. The Bertz CT molecular complexity index is 1660. The van der Waals surface area contributed by atoms with Gasteiger partial charge in [0.1, 0.15) is 5.75 Å². The molecule has 4 heterocycles. The van der Waals surface area contributed by atoms with Crippen molar-refractivity contribution in [2.75, 3.05) is 59.0 Å². The lowest BCUT2D eigenvalue weighted by Crippen LogP contribution is -2.48. The smallest absolute Gasteiger partial charge is 0.490 e. The SMILES string of the molecule is CCOc1ccccc1CN1CCC2(CC1)CCN(C(=O)c1ccccc1)CC2.O=C(O)C(F)(F)F.O=C(c1ccccc1)N1CCC2(CCNCC2)CC1. The van der Waals surface area contributed by atoms with E-state index in [4.69, 9.17) is 14.6 Å². The third kappa shape index (κ3) is 11.8. The van der Waals surface area contributed by atoms with Gasteiger partial charge in [-0.3, -0.25) is 14.5 Å². The summed E-state index contributed by atoms with van der Waals surface area (Å²) in [6.07, 6.45) is 4.56. The fourth-order valence-corrected chi connectivity index (χ4v) is 8.21. The fraction of sp³-hybridized carbons (Fsp3) is 0.512. The number of aliphatic carboxylic acids is 1. The molecule has 3 aromatic carbocycles. The standard InChI is InChI=1S/C25H32N2O2.C16H22N2O.C2HF3O2/c1-2-29-23-11-7-6-10-22(23)20-26-16-12-25(13-17-26)14-18-27(19-15-25)24(28)21-8-4-3-5-9-21;19-15(14-4-2-1-3-5-14)18-12-8-16(9-13-18)6-10-17-11-7-16;3-2(4,5)1(6)7/h3-11H,2,12-20H2,1H3;1-5,17H,6-13H2;(H,6,7). The van der Waals surface area contributed by atoms with Crippen molar-refractivity contribution >= 4 is 17.8 Å². The van der Waals surface area contributed by atoms with E-state index in [2.05, 4.69) is 28.4 Å². The predicted molar refractivity (Wildman–Crippen MR) is 206 cm³/mol. The minimum atomic E-state index is -5.08. The second-order valence-corrected chi connectivity index (χ2v) is 15.2. The van der Waals surface area contributed by atoms with Crippen molar-refractivity contribution in [3.05, 3.63) is 102 Å². The zero-order valence-electron chi connectivity index (χ0n) is 31.9. The quantitative estimate of drug-likeness (QED) is 0.268. The van der Waals surface area contributed by atoms with E-state index in [9.17, 15) is 22.8 Å². The minimum absolute atomic E-state index is 0.186. The van der Waals surface area contributed by atoms with Gasteiger partial charge in [0.25, 0.3) is 11.8 Å². The third-order valence-corrected chi connectivity index (χ3v) is 11.8. The van der Waals surface area contributed by atoms with Crippen LogP contribution in [0.15, 0.2) is 84.9 Å². The van der Waals surface area contributed by atoms with Crippen LogP contribution in [-0.2, 0) is 11.3 Å². The van der Waals surface area contributed by atoms with Gasteiger partial charge in [0.2, 0.25) is 0 Å². The van der Waals surface area contributed by atoms with Gasteiger partial charge in [-0.25, -0.2) is 4.79 Å². The first-order valence-corrected chi connectivity index (χ1v) is 19.6. The number of rotatable bonds is 6. The number of nitrogens with one attached hydrogen (secondary N) is 1. The summed E-state index contributed by atoms with van der Waals surface area (Å²) in [6.45, 7) is 11.9. The molecular weight excluding hydrogens is 709 g/mol. The maximum absolute atomic E-state index is 12.7. The first-order valence-electron chi connectivity index (χ1n) is 19.6. The van der Waals surface area contributed by atoms with Crippen LogP contribution >= 0.6 is 0 Å². The largest absolute Gasteiger partial charge is 0.494 e. The molecule has 2 N–H and O–H groups in total. The van der Waals surface area contributed by atoms with E-state index in [0.29, 0.717) is 17.4 Å². The van der Waals surface area contributed by atoms with E-state index < -0.39 is 12.1 Å². The highest BCUT2D eigenvalue weighted by Gasteiger charge is 2.40. The Kier molecular flexibility index (Phi) is 14.8. The third-order valence-electron chi connectivity index (χ3n) is 11.8. The average Bonchev–Trinajstić information content (AvgIpc) is 3.21. The molecule has 298 valence electrons. The van der Waals surface area contributed by atoms with Gasteiger partial charge in [0, 0.05) is 49.4 Å². The summed E-state index contributed by atoms with van der Waals surface area (Å²) < 4.78 is 37.5. The molecule has 55 heavy (non-hydrogen) atoms. The molecule has 7 rings (SSSR count). The molecule has 4 aliphatic rings. The molecule has 0 aromatic heterocycles. The molecule has 12 heteroatoms. The van der Waals surface area contributed by atoms with Gasteiger partial charge in [0.15, 0.2) is 0 Å².